The summed E-state index contributed by atoms with van der Waals surface area (Å²) in [7, 11) is 3.88. The number of nitrogens with zero attached hydrogens (tertiary/aromatic N) is 3. The molecule has 0 spiro atoms. The summed E-state index contributed by atoms with van der Waals surface area (Å²) in [6, 6.07) is 8.08. The van der Waals surface area contributed by atoms with Crippen LogP contribution in [0.5, 0.6) is 0 Å². The number of rotatable bonds is 6. The molecule has 118 valence electrons. The van der Waals surface area contributed by atoms with Gasteiger partial charge >= 0.3 is 0 Å². The fourth-order valence-corrected chi connectivity index (χ4v) is 2.91. The molecule has 0 aliphatic heterocycles. The van der Waals surface area contributed by atoms with Crippen LogP contribution in [0.3, 0.4) is 0 Å². The Labute approximate surface area is 140 Å². The molecule has 22 heavy (non-hydrogen) atoms. The van der Waals surface area contributed by atoms with Crippen LogP contribution in [0.15, 0.2) is 40.8 Å². The van der Waals surface area contributed by atoms with Gasteiger partial charge in [0.15, 0.2) is 5.96 Å². The zero-order valence-electron chi connectivity index (χ0n) is 12.9. The molecule has 0 amide bonds. The maximum atomic E-state index is 5.79. The van der Waals surface area contributed by atoms with Crippen molar-refractivity contribution in [1.29, 1.82) is 0 Å². The molecule has 0 saturated heterocycles. The quantitative estimate of drug-likeness (QED) is 0.500. The molecule has 0 aliphatic rings. The summed E-state index contributed by atoms with van der Waals surface area (Å²) in [6.07, 6.45) is 3.74. The minimum Gasteiger partial charge on any atom is -0.356 e. The molecule has 4 nitrogen and oxygen atoms in total. The first-order valence-corrected chi connectivity index (χ1v) is 8.49. The highest BCUT2D eigenvalue weighted by Gasteiger charge is 2.06. The van der Waals surface area contributed by atoms with Crippen LogP contribution in [0.4, 0.5) is 0 Å². The molecule has 0 atom stereocenters. The van der Waals surface area contributed by atoms with Gasteiger partial charge in [-0.05, 0) is 35.9 Å². The van der Waals surface area contributed by atoms with E-state index in [1.807, 2.05) is 25.4 Å². The number of nitrogens with one attached hydrogen (secondary N) is 1. The van der Waals surface area contributed by atoms with Crippen molar-refractivity contribution in [3.8, 4) is 0 Å². The molecule has 0 unspecified atom stereocenters. The monoisotopic (exact) mass is 336 g/mol. The van der Waals surface area contributed by atoms with Crippen LogP contribution in [0.1, 0.15) is 10.4 Å². The second-order valence-electron chi connectivity index (χ2n) is 4.96. The molecular weight excluding hydrogens is 316 g/mol. The zero-order valence-corrected chi connectivity index (χ0v) is 14.5. The molecule has 0 bridgehead atoms. The smallest absolute Gasteiger partial charge is 0.193 e. The molecular formula is C16H21ClN4S. The first-order valence-electron chi connectivity index (χ1n) is 7.23. The Balaban J connectivity index is 1.75. The number of hydrogen-bond donors (Lipinski definition) is 1. The van der Waals surface area contributed by atoms with Gasteiger partial charge < -0.3 is 10.2 Å². The molecule has 0 radical (unpaired) electrons. The number of aliphatic imine (C=N–C) groups is 1. The van der Waals surface area contributed by atoms with E-state index in [-0.39, 0.29) is 0 Å². The molecule has 0 fully saturated rings. The first kappa shape index (κ1) is 16.8. The Morgan fingerprint density at radius 1 is 1.36 bits per heavy atom. The normalized spacial score (nSPS) is 11.5. The number of guanidine groups is 1. The van der Waals surface area contributed by atoms with Gasteiger partial charge in [-0.15, -0.1) is 11.3 Å². The summed E-state index contributed by atoms with van der Waals surface area (Å²) in [6.45, 7) is 1.77. The largest absolute Gasteiger partial charge is 0.356 e. The first-order chi connectivity index (χ1) is 10.7. The van der Waals surface area contributed by atoms with E-state index in [2.05, 4.69) is 44.8 Å². The van der Waals surface area contributed by atoms with Gasteiger partial charge in [0, 0.05) is 38.3 Å². The van der Waals surface area contributed by atoms with Crippen LogP contribution in [-0.4, -0.2) is 43.0 Å². The van der Waals surface area contributed by atoms with Gasteiger partial charge in [-0.2, -0.15) is 0 Å². The maximum absolute atomic E-state index is 5.79. The van der Waals surface area contributed by atoms with E-state index in [1.54, 1.807) is 11.3 Å². The Bertz CT molecular complexity index is 581. The predicted molar refractivity (Wildman–Crippen MR) is 95.0 cm³/mol. The zero-order chi connectivity index (χ0) is 15.8. The van der Waals surface area contributed by atoms with Crippen LogP contribution in [0.2, 0.25) is 5.15 Å². The summed E-state index contributed by atoms with van der Waals surface area (Å²) in [5.41, 5.74) is 1.16. The van der Waals surface area contributed by atoms with Crippen LogP contribution in [0, 0.1) is 0 Å². The molecule has 0 saturated carbocycles. The number of halogens is 1. The molecule has 2 rings (SSSR count). The topological polar surface area (TPSA) is 40.5 Å². The second-order valence-corrected chi connectivity index (χ2v) is 6.38. The molecule has 1 N–H and O–H groups in total. The molecule has 2 aromatic heterocycles. The van der Waals surface area contributed by atoms with Gasteiger partial charge in [-0.1, -0.05) is 23.7 Å². The van der Waals surface area contributed by atoms with E-state index in [0.29, 0.717) is 5.15 Å². The number of pyridine rings is 1. The number of aromatic nitrogens is 1. The van der Waals surface area contributed by atoms with E-state index in [1.165, 1.54) is 4.88 Å². The third kappa shape index (κ3) is 5.31. The highest BCUT2D eigenvalue weighted by molar-refractivity contribution is 7.09. The Hall–Kier alpha value is -1.59. The number of likely N-dealkylation sites (N-methyl/N-ethyl adjacent to an activating group) is 1. The minimum absolute atomic E-state index is 0.529. The number of hydrogen-bond acceptors (Lipinski definition) is 3. The second kappa shape index (κ2) is 8.76. The highest BCUT2D eigenvalue weighted by Crippen LogP contribution is 2.09. The van der Waals surface area contributed by atoms with Crippen molar-refractivity contribution in [3.05, 3.63) is 51.4 Å². The average molecular weight is 337 g/mol. The summed E-state index contributed by atoms with van der Waals surface area (Å²) in [5, 5.41) is 6.02. The van der Waals surface area contributed by atoms with Crippen LogP contribution < -0.4 is 5.32 Å². The average Bonchev–Trinajstić information content (AvgIpc) is 3.04. The Kier molecular flexibility index (Phi) is 6.68. The summed E-state index contributed by atoms with van der Waals surface area (Å²) < 4.78 is 0. The van der Waals surface area contributed by atoms with Crippen molar-refractivity contribution < 1.29 is 0 Å². The number of thiophene rings is 1. The van der Waals surface area contributed by atoms with E-state index in [0.717, 1.165) is 37.5 Å². The van der Waals surface area contributed by atoms with E-state index in [9.17, 15) is 0 Å². The van der Waals surface area contributed by atoms with Gasteiger partial charge in [0.2, 0.25) is 0 Å². The lowest BCUT2D eigenvalue weighted by Crippen LogP contribution is -2.40. The fraction of sp³-hybridized carbons (Fsp3) is 0.375. The van der Waals surface area contributed by atoms with Crippen LogP contribution >= 0.6 is 22.9 Å². The fourth-order valence-electron chi connectivity index (χ4n) is 2.10. The standard InChI is InChI=1S/C16H21ClN4S/c1-18-16(21(2)10-8-14-4-3-11-22-14)19-9-7-13-5-6-15(17)20-12-13/h3-6,11-12H,7-10H2,1-2H3,(H,18,19). The SMILES string of the molecule is CN=C(NCCc1ccc(Cl)nc1)N(C)CCc1cccs1. The maximum Gasteiger partial charge on any atom is 0.193 e. The lowest BCUT2D eigenvalue weighted by Gasteiger charge is -2.21. The highest BCUT2D eigenvalue weighted by atomic mass is 35.5. The molecule has 2 aromatic rings. The van der Waals surface area contributed by atoms with Crippen LogP contribution in [-0.2, 0) is 12.8 Å². The van der Waals surface area contributed by atoms with Crippen molar-refractivity contribution in [2.45, 2.75) is 12.8 Å². The third-order valence-electron chi connectivity index (χ3n) is 3.33. The summed E-state index contributed by atoms with van der Waals surface area (Å²) in [4.78, 5) is 12.0. The summed E-state index contributed by atoms with van der Waals surface area (Å²) >= 11 is 7.58. The van der Waals surface area contributed by atoms with Gasteiger partial charge in [0.1, 0.15) is 5.15 Å². The van der Waals surface area contributed by atoms with E-state index in [4.69, 9.17) is 11.6 Å². The lowest BCUT2D eigenvalue weighted by molar-refractivity contribution is 0.487. The van der Waals surface area contributed by atoms with Gasteiger partial charge in [0.05, 0.1) is 0 Å². The van der Waals surface area contributed by atoms with Crippen molar-refractivity contribution in [3.63, 3.8) is 0 Å². The Morgan fingerprint density at radius 3 is 2.86 bits per heavy atom. The summed E-state index contributed by atoms with van der Waals surface area (Å²) in [5.74, 6) is 0.915. The van der Waals surface area contributed by atoms with Crippen molar-refractivity contribution in [2.24, 2.45) is 4.99 Å². The van der Waals surface area contributed by atoms with Crippen molar-refractivity contribution in [2.75, 3.05) is 27.2 Å². The molecule has 6 heteroatoms. The van der Waals surface area contributed by atoms with Crippen molar-refractivity contribution in [1.82, 2.24) is 15.2 Å². The molecule has 0 aromatic carbocycles. The van der Waals surface area contributed by atoms with Crippen LogP contribution in [0.25, 0.3) is 0 Å². The van der Waals surface area contributed by atoms with E-state index < -0.39 is 0 Å². The van der Waals surface area contributed by atoms with Gasteiger partial charge in [-0.25, -0.2) is 4.98 Å². The van der Waals surface area contributed by atoms with Gasteiger partial charge in [-0.3, -0.25) is 4.99 Å². The molecule has 0 aliphatic carbocycles. The third-order valence-corrected chi connectivity index (χ3v) is 4.49. The minimum atomic E-state index is 0.529. The van der Waals surface area contributed by atoms with E-state index >= 15 is 0 Å². The molecule has 2 heterocycles. The predicted octanol–water partition coefficient (Wildman–Crippen LogP) is 3.09. The van der Waals surface area contributed by atoms with Gasteiger partial charge in [0.25, 0.3) is 0 Å². The Morgan fingerprint density at radius 2 is 2.23 bits per heavy atom. The lowest BCUT2D eigenvalue weighted by atomic mass is 10.2. The van der Waals surface area contributed by atoms with Crippen molar-refractivity contribution >= 4 is 28.9 Å².